The number of hydrogen-bond donors (Lipinski definition) is 4. The molecule has 0 aromatic heterocycles. The van der Waals surface area contributed by atoms with E-state index in [0.717, 1.165) is 0 Å². The number of carbonyl (C=O) groups excluding carboxylic acids is 1. The molecule has 6 heteroatoms. The Hall–Kier alpha value is -1.63. The Labute approximate surface area is 92.6 Å². The standard InChI is InChI=1S/C10H14N2O4/c11-12-10(15)7-1-3-9(4-2-7)16-6-8(14)5-13/h1-4,8,13-14H,5-6,11H2,(H,12,15)/t8-/m1/s1. The van der Waals surface area contributed by atoms with Crippen LogP contribution in [0.1, 0.15) is 10.4 Å². The van der Waals surface area contributed by atoms with Gasteiger partial charge in [0.1, 0.15) is 18.5 Å². The van der Waals surface area contributed by atoms with Crippen LogP contribution in [0.4, 0.5) is 0 Å². The van der Waals surface area contributed by atoms with Gasteiger partial charge in [0, 0.05) is 5.56 Å². The summed E-state index contributed by atoms with van der Waals surface area (Å²) in [5.41, 5.74) is 2.42. The summed E-state index contributed by atoms with van der Waals surface area (Å²) in [6.07, 6.45) is -0.910. The fourth-order valence-electron chi connectivity index (χ4n) is 1.03. The van der Waals surface area contributed by atoms with Crippen LogP contribution in [0, 0.1) is 0 Å². The SMILES string of the molecule is NNC(=O)c1ccc(OC[C@H](O)CO)cc1. The van der Waals surface area contributed by atoms with Crippen molar-refractivity contribution >= 4 is 5.91 Å². The summed E-state index contributed by atoms with van der Waals surface area (Å²) in [7, 11) is 0. The predicted octanol–water partition coefficient (Wildman–Crippen LogP) is -0.978. The number of carbonyl (C=O) groups is 1. The van der Waals surface area contributed by atoms with Crippen LogP contribution in [-0.2, 0) is 0 Å². The molecule has 0 saturated heterocycles. The highest BCUT2D eigenvalue weighted by atomic mass is 16.5. The first-order valence-electron chi connectivity index (χ1n) is 4.70. The van der Waals surface area contributed by atoms with E-state index < -0.39 is 6.10 Å². The molecule has 5 N–H and O–H groups in total. The van der Waals surface area contributed by atoms with Crippen LogP contribution >= 0.6 is 0 Å². The topological polar surface area (TPSA) is 105 Å². The molecule has 88 valence electrons. The monoisotopic (exact) mass is 226 g/mol. The summed E-state index contributed by atoms with van der Waals surface area (Å²) in [6, 6.07) is 6.25. The van der Waals surface area contributed by atoms with Crippen molar-refractivity contribution in [2.24, 2.45) is 5.84 Å². The largest absolute Gasteiger partial charge is 0.491 e. The third kappa shape index (κ3) is 3.50. The van der Waals surface area contributed by atoms with Gasteiger partial charge in [-0.15, -0.1) is 0 Å². The second-order valence-electron chi connectivity index (χ2n) is 3.15. The molecule has 16 heavy (non-hydrogen) atoms. The van der Waals surface area contributed by atoms with Gasteiger partial charge in [-0.25, -0.2) is 5.84 Å². The van der Waals surface area contributed by atoms with Gasteiger partial charge in [-0.05, 0) is 24.3 Å². The van der Waals surface area contributed by atoms with Gasteiger partial charge >= 0.3 is 0 Å². The molecular weight excluding hydrogens is 212 g/mol. The molecule has 1 amide bonds. The molecule has 0 saturated carbocycles. The number of nitrogen functional groups attached to an aromatic ring is 1. The van der Waals surface area contributed by atoms with Gasteiger partial charge in [-0.2, -0.15) is 0 Å². The van der Waals surface area contributed by atoms with Crippen molar-refractivity contribution in [2.45, 2.75) is 6.10 Å². The number of benzene rings is 1. The number of rotatable bonds is 5. The first kappa shape index (κ1) is 12.4. The van der Waals surface area contributed by atoms with Gasteiger partial charge in [-0.1, -0.05) is 0 Å². The molecule has 0 aliphatic rings. The Morgan fingerprint density at radius 1 is 1.44 bits per heavy atom. The Morgan fingerprint density at radius 3 is 2.56 bits per heavy atom. The first-order chi connectivity index (χ1) is 7.67. The summed E-state index contributed by atoms with van der Waals surface area (Å²) < 4.78 is 5.15. The van der Waals surface area contributed by atoms with Crippen LogP contribution in [0.25, 0.3) is 0 Å². The van der Waals surface area contributed by atoms with Gasteiger partial charge in [-0.3, -0.25) is 10.2 Å². The molecule has 0 fully saturated rings. The molecule has 1 aromatic carbocycles. The van der Waals surface area contributed by atoms with E-state index in [4.69, 9.17) is 20.8 Å². The zero-order chi connectivity index (χ0) is 12.0. The zero-order valence-electron chi connectivity index (χ0n) is 8.59. The van der Waals surface area contributed by atoms with Crippen LogP contribution in [-0.4, -0.2) is 35.4 Å². The number of amides is 1. The van der Waals surface area contributed by atoms with E-state index in [9.17, 15) is 4.79 Å². The van der Waals surface area contributed by atoms with Crippen LogP contribution in [0.15, 0.2) is 24.3 Å². The number of nitrogens with two attached hydrogens (primary N) is 1. The normalized spacial score (nSPS) is 11.9. The van der Waals surface area contributed by atoms with Crippen LogP contribution in [0.2, 0.25) is 0 Å². The molecule has 1 rings (SSSR count). The molecule has 0 aliphatic carbocycles. The molecule has 0 spiro atoms. The Bertz CT molecular complexity index is 339. The third-order valence-corrected chi connectivity index (χ3v) is 1.90. The van der Waals surface area contributed by atoms with Gasteiger partial charge in [0.2, 0.25) is 0 Å². The van der Waals surface area contributed by atoms with Crippen molar-refractivity contribution in [1.82, 2.24) is 5.43 Å². The maximum absolute atomic E-state index is 11.1. The lowest BCUT2D eigenvalue weighted by molar-refractivity contribution is 0.0536. The maximum atomic E-state index is 11.1. The first-order valence-corrected chi connectivity index (χ1v) is 4.70. The minimum atomic E-state index is -0.910. The highest BCUT2D eigenvalue weighted by Gasteiger charge is 2.05. The number of ether oxygens (including phenoxy) is 1. The number of aliphatic hydroxyl groups is 2. The Balaban J connectivity index is 2.54. The van der Waals surface area contributed by atoms with Crippen LogP contribution < -0.4 is 16.0 Å². The van der Waals surface area contributed by atoms with Crippen LogP contribution in [0.3, 0.4) is 0 Å². The molecule has 0 aliphatic heterocycles. The molecule has 1 atom stereocenters. The lowest BCUT2D eigenvalue weighted by Crippen LogP contribution is -2.29. The van der Waals surface area contributed by atoms with Crippen molar-refractivity contribution in [3.63, 3.8) is 0 Å². The minimum absolute atomic E-state index is 0.00106. The summed E-state index contributed by atoms with van der Waals surface area (Å²) in [4.78, 5) is 11.1. The highest BCUT2D eigenvalue weighted by molar-refractivity contribution is 5.93. The molecule has 0 unspecified atom stereocenters. The zero-order valence-corrected chi connectivity index (χ0v) is 8.59. The van der Waals surface area contributed by atoms with Crippen molar-refractivity contribution < 1.29 is 19.7 Å². The molecular formula is C10H14N2O4. The summed E-state index contributed by atoms with van der Waals surface area (Å²) in [5.74, 6) is 5.08. The quantitative estimate of drug-likeness (QED) is 0.293. The van der Waals surface area contributed by atoms with E-state index in [1.165, 1.54) is 0 Å². The number of hydrazine groups is 1. The smallest absolute Gasteiger partial charge is 0.265 e. The van der Waals surface area contributed by atoms with E-state index in [-0.39, 0.29) is 19.1 Å². The number of hydrogen-bond acceptors (Lipinski definition) is 5. The molecule has 0 radical (unpaired) electrons. The maximum Gasteiger partial charge on any atom is 0.265 e. The minimum Gasteiger partial charge on any atom is -0.491 e. The summed E-state index contributed by atoms with van der Waals surface area (Å²) in [6.45, 7) is -0.355. The Morgan fingerprint density at radius 2 is 2.06 bits per heavy atom. The predicted molar refractivity (Wildman–Crippen MR) is 56.7 cm³/mol. The third-order valence-electron chi connectivity index (χ3n) is 1.90. The molecule has 0 heterocycles. The highest BCUT2D eigenvalue weighted by Crippen LogP contribution is 2.12. The van der Waals surface area contributed by atoms with Crippen molar-refractivity contribution in [2.75, 3.05) is 13.2 Å². The van der Waals surface area contributed by atoms with E-state index in [0.29, 0.717) is 11.3 Å². The molecule has 0 bridgehead atoms. The number of nitrogens with one attached hydrogen (secondary N) is 1. The van der Waals surface area contributed by atoms with Gasteiger partial charge in [0.05, 0.1) is 6.61 Å². The fraction of sp³-hybridized carbons (Fsp3) is 0.300. The second-order valence-corrected chi connectivity index (χ2v) is 3.15. The lowest BCUT2D eigenvalue weighted by Gasteiger charge is -2.09. The van der Waals surface area contributed by atoms with E-state index in [1.54, 1.807) is 24.3 Å². The second kappa shape index (κ2) is 6.06. The van der Waals surface area contributed by atoms with Crippen molar-refractivity contribution in [3.8, 4) is 5.75 Å². The van der Waals surface area contributed by atoms with Gasteiger partial charge < -0.3 is 14.9 Å². The van der Waals surface area contributed by atoms with Crippen LogP contribution in [0.5, 0.6) is 5.75 Å². The van der Waals surface area contributed by atoms with E-state index >= 15 is 0 Å². The van der Waals surface area contributed by atoms with Crippen molar-refractivity contribution in [3.05, 3.63) is 29.8 Å². The lowest BCUT2D eigenvalue weighted by atomic mass is 10.2. The Kier molecular flexibility index (Phi) is 4.71. The van der Waals surface area contributed by atoms with E-state index in [2.05, 4.69) is 0 Å². The van der Waals surface area contributed by atoms with Gasteiger partial charge in [0.25, 0.3) is 5.91 Å². The fourth-order valence-corrected chi connectivity index (χ4v) is 1.03. The van der Waals surface area contributed by atoms with Crippen molar-refractivity contribution in [1.29, 1.82) is 0 Å². The van der Waals surface area contributed by atoms with E-state index in [1.807, 2.05) is 5.43 Å². The molecule has 1 aromatic rings. The number of aliphatic hydroxyl groups excluding tert-OH is 2. The molecule has 6 nitrogen and oxygen atoms in total. The summed E-state index contributed by atoms with van der Waals surface area (Å²) >= 11 is 0. The summed E-state index contributed by atoms with van der Waals surface area (Å²) in [5, 5.41) is 17.6. The van der Waals surface area contributed by atoms with Gasteiger partial charge in [0.15, 0.2) is 0 Å². The average molecular weight is 226 g/mol. The average Bonchev–Trinajstić information content (AvgIpc) is 2.35.